The summed E-state index contributed by atoms with van der Waals surface area (Å²) in [6.45, 7) is 8.43. The Labute approximate surface area is 108 Å². The third kappa shape index (κ3) is 2.87. The van der Waals surface area contributed by atoms with Crippen LogP contribution < -0.4 is 5.73 Å². The van der Waals surface area contributed by atoms with Gasteiger partial charge in [-0.3, -0.25) is 0 Å². The fourth-order valence-electron chi connectivity index (χ4n) is 1.90. The van der Waals surface area contributed by atoms with Crippen LogP contribution in [0.3, 0.4) is 0 Å². The van der Waals surface area contributed by atoms with E-state index < -0.39 is 0 Å². The highest BCUT2D eigenvalue weighted by molar-refractivity contribution is 7.09. The molecule has 4 heteroatoms. The van der Waals surface area contributed by atoms with E-state index in [9.17, 15) is 0 Å². The van der Waals surface area contributed by atoms with Crippen molar-refractivity contribution in [2.24, 2.45) is 5.73 Å². The van der Waals surface area contributed by atoms with Crippen molar-refractivity contribution in [2.75, 3.05) is 7.11 Å². The molecule has 3 nitrogen and oxygen atoms in total. The number of aromatic nitrogens is 1. The maximum atomic E-state index is 5.92. The van der Waals surface area contributed by atoms with Crippen molar-refractivity contribution in [1.82, 2.24) is 4.98 Å². The van der Waals surface area contributed by atoms with E-state index in [1.54, 1.807) is 18.4 Å². The average molecular weight is 256 g/mol. The van der Waals surface area contributed by atoms with Gasteiger partial charge in [0.1, 0.15) is 10.6 Å². The van der Waals surface area contributed by atoms with Crippen molar-refractivity contribution in [3.05, 3.63) is 16.1 Å². The zero-order chi connectivity index (χ0) is 13.1. The molecule has 0 radical (unpaired) electrons. The van der Waals surface area contributed by atoms with Crippen LogP contribution in [0.2, 0.25) is 0 Å². The van der Waals surface area contributed by atoms with E-state index in [1.165, 1.54) is 0 Å². The first-order valence-corrected chi connectivity index (χ1v) is 7.15. The third-order valence-electron chi connectivity index (χ3n) is 3.70. The third-order valence-corrected chi connectivity index (χ3v) is 4.75. The van der Waals surface area contributed by atoms with Crippen molar-refractivity contribution in [1.29, 1.82) is 0 Å². The lowest BCUT2D eigenvalue weighted by molar-refractivity contribution is -0.0220. The molecule has 0 fully saturated rings. The van der Waals surface area contributed by atoms with E-state index in [4.69, 9.17) is 15.5 Å². The second-order valence-corrected chi connectivity index (χ2v) is 5.49. The van der Waals surface area contributed by atoms with Gasteiger partial charge in [-0.05, 0) is 19.8 Å². The molecule has 1 aromatic rings. The minimum atomic E-state index is -0.222. The Morgan fingerprint density at radius 2 is 2.00 bits per heavy atom. The first-order chi connectivity index (χ1) is 8.00. The van der Waals surface area contributed by atoms with Crippen molar-refractivity contribution in [2.45, 2.75) is 58.1 Å². The normalized spacial score (nSPS) is 15.9. The summed E-state index contributed by atoms with van der Waals surface area (Å²) in [6, 6.07) is 0.130. The van der Waals surface area contributed by atoms with Gasteiger partial charge in [0.05, 0.1) is 5.69 Å². The van der Waals surface area contributed by atoms with E-state index in [-0.39, 0.29) is 11.6 Å². The predicted molar refractivity (Wildman–Crippen MR) is 73.4 cm³/mol. The topological polar surface area (TPSA) is 48.1 Å². The summed E-state index contributed by atoms with van der Waals surface area (Å²) < 4.78 is 5.69. The summed E-state index contributed by atoms with van der Waals surface area (Å²) in [5.41, 5.74) is 6.78. The molecule has 0 aromatic carbocycles. The van der Waals surface area contributed by atoms with Gasteiger partial charge in [0, 0.05) is 24.4 Å². The largest absolute Gasteiger partial charge is 0.371 e. The molecule has 1 heterocycles. The monoisotopic (exact) mass is 256 g/mol. The molecule has 0 spiro atoms. The Bertz CT molecular complexity index is 337. The van der Waals surface area contributed by atoms with E-state index in [2.05, 4.69) is 26.2 Å². The smallest absolute Gasteiger partial charge is 0.125 e. The second-order valence-electron chi connectivity index (χ2n) is 4.63. The van der Waals surface area contributed by atoms with Crippen LogP contribution >= 0.6 is 11.3 Å². The molecule has 1 rings (SSSR count). The molecule has 0 bridgehead atoms. The van der Waals surface area contributed by atoms with Gasteiger partial charge in [0.15, 0.2) is 0 Å². The van der Waals surface area contributed by atoms with Gasteiger partial charge in [-0.2, -0.15) is 0 Å². The summed E-state index contributed by atoms with van der Waals surface area (Å²) in [5.74, 6) is 0.295. The Kier molecular flexibility index (Phi) is 5.10. The maximum Gasteiger partial charge on any atom is 0.125 e. The van der Waals surface area contributed by atoms with E-state index >= 15 is 0 Å². The van der Waals surface area contributed by atoms with E-state index in [1.807, 2.05) is 6.92 Å². The molecule has 0 aliphatic rings. The predicted octanol–water partition coefficient (Wildman–Crippen LogP) is 3.26. The highest BCUT2D eigenvalue weighted by Crippen LogP contribution is 2.35. The number of methoxy groups -OCH3 is 1. The SMILES string of the molecule is CCC(CC)(OC)c1nc(C(C)C(C)N)cs1. The van der Waals surface area contributed by atoms with Gasteiger partial charge in [-0.15, -0.1) is 11.3 Å². The maximum absolute atomic E-state index is 5.92. The van der Waals surface area contributed by atoms with Crippen LogP contribution in [0.25, 0.3) is 0 Å². The molecule has 0 aliphatic carbocycles. The average Bonchev–Trinajstić information content (AvgIpc) is 2.81. The van der Waals surface area contributed by atoms with Crippen LogP contribution in [-0.2, 0) is 10.3 Å². The van der Waals surface area contributed by atoms with Crippen LogP contribution in [0.15, 0.2) is 5.38 Å². The lowest BCUT2D eigenvalue weighted by Gasteiger charge is -2.27. The number of hydrogen-bond donors (Lipinski definition) is 1. The molecule has 98 valence electrons. The number of nitrogens with zero attached hydrogens (tertiary/aromatic N) is 1. The van der Waals surface area contributed by atoms with Crippen molar-refractivity contribution >= 4 is 11.3 Å². The molecule has 0 saturated heterocycles. The van der Waals surface area contributed by atoms with Gasteiger partial charge in [0.2, 0.25) is 0 Å². The Balaban J connectivity index is 3.00. The molecule has 17 heavy (non-hydrogen) atoms. The molecule has 2 N–H and O–H groups in total. The van der Waals surface area contributed by atoms with Crippen molar-refractivity contribution in [3.8, 4) is 0 Å². The standard InChI is InChI=1S/C13H24N2OS/c1-6-13(7-2,16-5)12-15-11(8-17-12)9(3)10(4)14/h8-10H,6-7,14H2,1-5H3. The molecule has 0 saturated carbocycles. The molecule has 1 aromatic heterocycles. The van der Waals surface area contributed by atoms with E-state index in [0.717, 1.165) is 23.5 Å². The highest BCUT2D eigenvalue weighted by Gasteiger charge is 2.32. The lowest BCUT2D eigenvalue weighted by atomic mass is 9.97. The zero-order valence-electron chi connectivity index (χ0n) is 11.5. The molecular weight excluding hydrogens is 232 g/mol. The quantitative estimate of drug-likeness (QED) is 0.850. The molecule has 2 atom stereocenters. The minimum absolute atomic E-state index is 0.130. The summed E-state index contributed by atoms with van der Waals surface area (Å²) in [6.07, 6.45) is 1.89. The summed E-state index contributed by atoms with van der Waals surface area (Å²) in [5, 5.41) is 3.19. The Morgan fingerprint density at radius 1 is 1.41 bits per heavy atom. The summed E-state index contributed by atoms with van der Waals surface area (Å²) >= 11 is 1.68. The fraction of sp³-hybridized carbons (Fsp3) is 0.769. The van der Waals surface area contributed by atoms with Crippen molar-refractivity contribution < 1.29 is 4.74 Å². The lowest BCUT2D eigenvalue weighted by Crippen LogP contribution is -2.27. The van der Waals surface area contributed by atoms with Crippen LogP contribution in [0.1, 0.15) is 57.2 Å². The number of rotatable bonds is 6. The first-order valence-electron chi connectivity index (χ1n) is 6.27. The highest BCUT2D eigenvalue weighted by atomic mass is 32.1. The summed E-state index contributed by atoms with van der Waals surface area (Å²) in [4.78, 5) is 4.73. The van der Waals surface area contributed by atoms with Crippen LogP contribution in [0, 0.1) is 0 Å². The van der Waals surface area contributed by atoms with Crippen LogP contribution in [0.5, 0.6) is 0 Å². The fourth-order valence-corrected chi connectivity index (χ4v) is 3.15. The Morgan fingerprint density at radius 3 is 2.41 bits per heavy atom. The number of ether oxygens (including phenoxy) is 1. The zero-order valence-corrected chi connectivity index (χ0v) is 12.3. The van der Waals surface area contributed by atoms with Crippen molar-refractivity contribution in [3.63, 3.8) is 0 Å². The van der Waals surface area contributed by atoms with Gasteiger partial charge in [-0.1, -0.05) is 20.8 Å². The minimum Gasteiger partial charge on any atom is -0.371 e. The molecule has 0 amide bonds. The van der Waals surface area contributed by atoms with Crippen LogP contribution in [-0.4, -0.2) is 18.1 Å². The van der Waals surface area contributed by atoms with Gasteiger partial charge in [0.25, 0.3) is 0 Å². The summed E-state index contributed by atoms with van der Waals surface area (Å²) in [7, 11) is 1.77. The van der Waals surface area contributed by atoms with E-state index in [0.29, 0.717) is 5.92 Å². The molecule has 0 aliphatic heterocycles. The van der Waals surface area contributed by atoms with Gasteiger partial charge >= 0.3 is 0 Å². The molecular formula is C13H24N2OS. The van der Waals surface area contributed by atoms with Crippen LogP contribution in [0.4, 0.5) is 0 Å². The Hall–Kier alpha value is -0.450. The first kappa shape index (κ1) is 14.6. The number of hydrogen-bond acceptors (Lipinski definition) is 4. The second kappa shape index (κ2) is 5.94. The van der Waals surface area contributed by atoms with Gasteiger partial charge in [-0.25, -0.2) is 4.98 Å². The molecule has 2 unspecified atom stereocenters. The number of thiazole rings is 1. The van der Waals surface area contributed by atoms with Gasteiger partial charge < -0.3 is 10.5 Å². The number of nitrogens with two attached hydrogens (primary N) is 1.